The van der Waals surface area contributed by atoms with Crippen LogP contribution in [0.4, 0.5) is 0 Å². The molecule has 1 amide bonds. The van der Waals surface area contributed by atoms with E-state index in [1.807, 2.05) is 30.3 Å². The molecule has 0 bridgehead atoms. The highest BCUT2D eigenvalue weighted by molar-refractivity contribution is 8.02. The lowest BCUT2D eigenvalue weighted by Crippen LogP contribution is -2.44. The SMILES string of the molecule is COC(=O)[C@@H]1C(=O)NC(SCc2ccccc2)=C(C#N)[C@H]1c1ccccc1OC. The number of esters is 1. The largest absolute Gasteiger partial charge is 0.496 e. The molecule has 1 N–H and O–H groups in total. The summed E-state index contributed by atoms with van der Waals surface area (Å²) in [6.07, 6.45) is 0. The minimum absolute atomic E-state index is 0.311. The zero-order valence-electron chi connectivity index (χ0n) is 16.0. The number of hydrogen-bond donors (Lipinski definition) is 1. The summed E-state index contributed by atoms with van der Waals surface area (Å²) in [6.45, 7) is 0. The molecule has 1 aliphatic heterocycles. The van der Waals surface area contributed by atoms with Gasteiger partial charge in [-0.25, -0.2) is 0 Å². The van der Waals surface area contributed by atoms with Crippen LogP contribution in [-0.4, -0.2) is 26.1 Å². The molecular formula is C22H20N2O4S. The average molecular weight is 408 g/mol. The lowest BCUT2D eigenvalue weighted by atomic mass is 9.78. The number of para-hydroxylation sites is 1. The second-order valence-electron chi connectivity index (χ2n) is 6.34. The molecule has 0 unspecified atom stereocenters. The first-order valence-electron chi connectivity index (χ1n) is 8.93. The van der Waals surface area contributed by atoms with Crippen LogP contribution in [0, 0.1) is 17.2 Å². The van der Waals surface area contributed by atoms with Crippen molar-refractivity contribution in [1.82, 2.24) is 5.32 Å². The topological polar surface area (TPSA) is 88.4 Å². The molecule has 0 radical (unpaired) electrons. The van der Waals surface area contributed by atoms with E-state index in [-0.39, 0.29) is 0 Å². The van der Waals surface area contributed by atoms with Crippen molar-refractivity contribution in [2.45, 2.75) is 11.7 Å². The molecular weight excluding hydrogens is 388 g/mol. The third kappa shape index (κ3) is 4.28. The molecule has 0 saturated heterocycles. The van der Waals surface area contributed by atoms with Gasteiger partial charge in [0.1, 0.15) is 11.7 Å². The third-order valence-corrected chi connectivity index (χ3v) is 5.77. The third-order valence-electron chi connectivity index (χ3n) is 4.68. The van der Waals surface area contributed by atoms with Gasteiger partial charge < -0.3 is 14.8 Å². The van der Waals surface area contributed by atoms with Gasteiger partial charge in [-0.15, -0.1) is 11.8 Å². The molecule has 0 fully saturated rings. The molecule has 0 saturated carbocycles. The number of nitriles is 1. The summed E-state index contributed by atoms with van der Waals surface area (Å²) in [4.78, 5) is 25.3. The number of benzene rings is 2. The molecule has 3 rings (SSSR count). The molecule has 0 spiro atoms. The van der Waals surface area contributed by atoms with Gasteiger partial charge in [0.15, 0.2) is 0 Å². The van der Waals surface area contributed by atoms with Gasteiger partial charge in [-0.2, -0.15) is 5.26 Å². The Balaban J connectivity index is 2.08. The van der Waals surface area contributed by atoms with Crippen LogP contribution < -0.4 is 10.1 Å². The smallest absolute Gasteiger partial charge is 0.319 e. The molecule has 148 valence electrons. The summed E-state index contributed by atoms with van der Waals surface area (Å²) in [7, 11) is 2.74. The summed E-state index contributed by atoms with van der Waals surface area (Å²) in [5.41, 5.74) is 1.96. The van der Waals surface area contributed by atoms with E-state index in [9.17, 15) is 14.9 Å². The van der Waals surface area contributed by atoms with Crippen molar-refractivity contribution in [1.29, 1.82) is 5.26 Å². The number of thioether (sulfide) groups is 1. The van der Waals surface area contributed by atoms with Gasteiger partial charge >= 0.3 is 5.97 Å². The van der Waals surface area contributed by atoms with E-state index in [1.165, 1.54) is 26.0 Å². The normalized spacial score (nSPS) is 18.6. The number of rotatable bonds is 6. The van der Waals surface area contributed by atoms with E-state index in [4.69, 9.17) is 9.47 Å². The van der Waals surface area contributed by atoms with Crippen LogP contribution in [0.25, 0.3) is 0 Å². The molecule has 2 aromatic carbocycles. The predicted molar refractivity (Wildman–Crippen MR) is 110 cm³/mol. The van der Waals surface area contributed by atoms with Crippen LogP contribution in [0.5, 0.6) is 5.75 Å². The number of carbonyl (C=O) groups excluding carboxylic acids is 2. The Hall–Kier alpha value is -3.24. The number of hydrogen-bond acceptors (Lipinski definition) is 6. The first kappa shape index (κ1) is 20.5. The van der Waals surface area contributed by atoms with Crippen molar-refractivity contribution in [3.63, 3.8) is 0 Å². The number of allylic oxidation sites excluding steroid dienone is 1. The second kappa shape index (κ2) is 9.30. The fourth-order valence-electron chi connectivity index (χ4n) is 3.31. The second-order valence-corrected chi connectivity index (χ2v) is 7.32. The molecule has 7 heteroatoms. The minimum Gasteiger partial charge on any atom is -0.496 e. The number of carbonyl (C=O) groups is 2. The Morgan fingerprint density at radius 1 is 1.14 bits per heavy atom. The van der Waals surface area contributed by atoms with Crippen molar-refractivity contribution in [3.8, 4) is 11.8 Å². The Kier molecular flexibility index (Phi) is 6.57. The maximum Gasteiger partial charge on any atom is 0.319 e. The van der Waals surface area contributed by atoms with Crippen LogP contribution in [0.15, 0.2) is 65.2 Å². The summed E-state index contributed by atoms with van der Waals surface area (Å²) in [5.74, 6) is -2.09. The lowest BCUT2D eigenvalue weighted by Gasteiger charge is -2.31. The van der Waals surface area contributed by atoms with Gasteiger partial charge in [0.2, 0.25) is 5.91 Å². The molecule has 0 aromatic heterocycles. The maximum atomic E-state index is 12.9. The Morgan fingerprint density at radius 2 is 1.83 bits per heavy atom. The van der Waals surface area contributed by atoms with E-state index >= 15 is 0 Å². The van der Waals surface area contributed by atoms with Crippen molar-refractivity contribution in [2.24, 2.45) is 5.92 Å². The predicted octanol–water partition coefficient (Wildman–Crippen LogP) is 3.37. The minimum atomic E-state index is -1.17. The van der Waals surface area contributed by atoms with Gasteiger partial charge in [0.05, 0.1) is 30.9 Å². The van der Waals surface area contributed by atoms with Gasteiger partial charge in [-0.1, -0.05) is 48.5 Å². The van der Waals surface area contributed by atoms with Crippen molar-refractivity contribution < 1.29 is 19.1 Å². The summed E-state index contributed by atoms with van der Waals surface area (Å²) >= 11 is 1.35. The van der Waals surface area contributed by atoms with Gasteiger partial charge in [-0.05, 0) is 11.6 Å². The van der Waals surface area contributed by atoms with E-state index in [1.54, 1.807) is 24.3 Å². The zero-order chi connectivity index (χ0) is 20.8. The molecule has 1 heterocycles. The molecule has 1 aliphatic rings. The highest BCUT2D eigenvalue weighted by Crippen LogP contribution is 2.43. The fourth-order valence-corrected chi connectivity index (χ4v) is 4.31. The molecule has 29 heavy (non-hydrogen) atoms. The Morgan fingerprint density at radius 3 is 2.48 bits per heavy atom. The van der Waals surface area contributed by atoms with Crippen molar-refractivity contribution >= 4 is 23.6 Å². The highest BCUT2D eigenvalue weighted by atomic mass is 32.2. The maximum absolute atomic E-state index is 12.9. The van der Waals surface area contributed by atoms with E-state index in [2.05, 4.69) is 11.4 Å². The van der Waals surface area contributed by atoms with Crippen molar-refractivity contribution in [3.05, 3.63) is 76.3 Å². The van der Waals surface area contributed by atoms with E-state index in [0.717, 1.165) is 5.56 Å². The summed E-state index contributed by atoms with van der Waals surface area (Å²) < 4.78 is 10.3. The van der Waals surface area contributed by atoms with E-state index < -0.39 is 23.7 Å². The number of methoxy groups -OCH3 is 2. The highest BCUT2D eigenvalue weighted by Gasteiger charge is 2.45. The molecule has 2 aromatic rings. The number of ether oxygens (including phenoxy) is 2. The van der Waals surface area contributed by atoms with Gasteiger partial charge in [0, 0.05) is 17.2 Å². The average Bonchev–Trinajstić information content (AvgIpc) is 2.77. The Labute approximate surface area is 173 Å². The van der Waals surface area contributed by atoms with Crippen LogP contribution >= 0.6 is 11.8 Å². The van der Waals surface area contributed by atoms with E-state index in [0.29, 0.717) is 27.7 Å². The first-order chi connectivity index (χ1) is 14.1. The fraction of sp³-hybridized carbons (Fsp3) is 0.227. The quantitative estimate of drug-likeness (QED) is 0.582. The standard InChI is InChI=1S/C22H20N2O4S/c1-27-17-11-7-6-10-15(17)18-16(12-23)21(24-20(25)19(18)22(26)28-2)29-13-14-8-4-3-5-9-14/h3-11,18-19H,13H2,1-2H3,(H,24,25)/t18-,19+/m1/s1. The summed E-state index contributed by atoms with van der Waals surface area (Å²) in [5, 5.41) is 13.1. The number of nitrogens with zero attached hydrogens (tertiary/aromatic N) is 1. The monoisotopic (exact) mass is 408 g/mol. The number of nitrogens with one attached hydrogen (secondary N) is 1. The van der Waals surface area contributed by atoms with Gasteiger partial charge in [0.25, 0.3) is 0 Å². The van der Waals surface area contributed by atoms with Crippen molar-refractivity contribution in [2.75, 3.05) is 14.2 Å². The van der Waals surface area contributed by atoms with Crippen LogP contribution in [-0.2, 0) is 20.1 Å². The molecule has 0 aliphatic carbocycles. The van der Waals surface area contributed by atoms with Crippen LogP contribution in [0.3, 0.4) is 0 Å². The first-order valence-corrected chi connectivity index (χ1v) is 9.91. The lowest BCUT2D eigenvalue weighted by molar-refractivity contribution is -0.150. The van der Waals surface area contributed by atoms with Gasteiger partial charge in [-0.3, -0.25) is 9.59 Å². The summed E-state index contributed by atoms with van der Waals surface area (Å²) in [6, 6.07) is 19.0. The van der Waals surface area contributed by atoms with Crippen LogP contribution in [0.1, 0.15) is 17.0 Å². The van der Waals surface area contributed by atoms with Crippen LogP contribution in [0.2, 0.25) is 0 Å². The molecule has 6 nitrogen and oxygen atoms in total. The zero-order valence-corrected chi connectivity index (χ0v) is 16.9. The number of amides is 1. The molecule has 2 atom stereocenters. The Bertz CT molecular complexity index is 982.